The maximum absolute atomic E-state index is 12.8. The SMILES string of the molecule is CNc1ccc2sc(-c3c(C)nc(NCC(F)(F)F)nc3N[C@@H]3C[C@H](CO)[C@@H](C)[C@H]3C)nc2c1. The quantitative estimate of drug-likeness (QED) is 0.361. The van der Waals surface area contributed by atoms with Crippen LogP contribution in [0.5, 0.6) is 0 Å². The van der Waals surface area contributed by atoms with E-state index in [9.17, 15) is 18.3 Å². The summed E-state index contributed by atoms with van der Waals surface area (Å²) in [5.74, 6) is 1.08. The van der Waals surface area contributed by atoms with Gasteiger partial charge in [-0.15, -0.1) is 11.3 Å². The molecule has 4 N–H and O–H groups in total. The monoisotopic (exact) mass is 494 g/mol. The molecule has 2 aromatic heterocycles. The van der Waals surface area contributed by atoms with Crippen LogP contribution in [-0.4, -0.2) is 52.5 Å². The summed E-state index contributed by atoms with van der Waals surface area (Å²) in [6.07, 6.45) is -3.64. The standard InChI is InChI=1S/C23H29F3N6OS/c1-11-12(2)16(7-14(11)9-33)30-20-19(13(3)29-22(32-20)28-10-23(24,25)26)21-31-17-8-15(27-4)5-6-18(17)34-21/h5-6,8,11-12,14,16,27,33H,7,9-10H2,1-4H3,(H2,28,29,30,32)/t11-,12+,14+,16+/m0/s1. The van der Waals surface area contributed by atoms with Gasteiger partial charge in [-0.3, -0.25) is 0 Å². The third-order valence-corrected chi connectivity index (χ3v) is 7.80. The Balaban J connectivity index is 1.75. The number of benzene rings is 1. The van der Waals surface area contributed by atoms with Crippen LogP contribution >= 0.6 is 11.3 Å². The highest BCUT2D eigenvalue weighted by Gasteiger charge is 2.38. The van der Waals surface area contributed by atoms with E-state index in [0.717, 1.165) is 22.3 Å². The normalized spacial score (nSPS) is 22.8. The lowest BCUT2D eigenvalue weighted by Gasteiger charge is -2.22. The number of nitrogens with one attached hydrogen (secondary N) is 3. The molecule has 1 fully saturated rings. The molecule has 184 valence electrons. The Morgan fingerprint density at radius 3 is 2.56 bits per heavy atom. The maximum atomic E-state index is 12.8. The number of alkyl halides is 3. The molecule has 34 heavy (non-hydrogen) atoms. The molecule has 4 rings (SSSR count). The Kier molecular flexibility index (Phi) is 6.86. The Hall–Kier alpha value is -2.66. The predicted octanol–water partition coefficient (Wildman–Crippen LogP) is 5.14. The van der Waals surface area contributed by atoms with E-state index in [2.05, 4.69) is 39.8 Å². The number of aromatic nitrogens is 3. The molecule has 4 atom stereocenters. The molecule has 0 unspecified atom stereocenters. The highest BCUT2D eigenvalue weighted by molar-refractivity contribution is 7.21. The van der Waals surface area contributed by atoms with Gasteiger partial charge >= 0.3 is 6.18 Å². The molecule has 1 aliphatic carbocycles. The van der Waals surface area contributed by atoms with E-state index in [4.69, 9.17) is 4.98 Å². The first-order chi connectivity index (χ1) is 16.1. The van der Waals surface area contributed by atoms with Crippen molar-refractivity contribution in [1.29, 1.82) is 0 Å². The minimum absolute atomic E-state index is 0.0148. The van der Waals surface area contributed by atoms with Crippen molar-refractivity contribution in [3.8, 4) is 10.6 Å². The summed E-state index contributed by atoms with van der Waals surface area (Å²) in [5.41, 5.74) is 2.97. The number of nitrogens with zero attached hydrogens (tertiary/aromatic N) is 3. The number of anilines is 3. The van der Waals surface area contributed by atoms with Crippen LogP contribution in [-0.2, 0) is 0 Å². The zero-order valence-corrected chi connectivity index (χ0v) is 20.3. The van der Waals surface area contributed by atoms with Crippen LogP contribution < -0.4 is 16.0 Å². The molecule has 0 amide bonds. The molecular formula is C23H29F3N6OS. The van der Waals surface area contributed by atoms with Crippen LogP contribution in [0.25, 0.3) is 20.8 Å². The fourth-order valence-corrected chi connectivity index (χ4v) is 5.58. The molecule has 0 bridgehead atoms. The first kappa shape index (κ1) is 24.5. The number of hydrogen-bond donors (Lipinski definition) is 4. The zero-order chi connectivity index (χ0) is 24.6. The van der Waals surface area contributed by atoms with E-state index in [-0.39, 0.29) is 30.4 Å². The topological polar surface area (TPSA) is 95.0 Å². The maximum Gasteiger partial charge on any atom is 0.405 e. The molecule has 7 nitrogen and oxygen atoms in total. The lowest BCUT2D eigenvalue weighted by molar-refractivity contribution is -0.115. The van der Waals surface area contributed by atoms with Crippen LogP contribution in [0, 0.1) is 24.7 Å². The average Bonchev–Trinajstić information content (AvgIpc) is 3.32. The van der Waals surface area contributed by atoms with Crippen molar-refractivity contribution >= 4 is 39.0 Å². The molecule has 2 heterocycles. The van der Waals surface area contributed by atoms with Crippen molar-refractivity contribution in [3.63, 3.8) is 0 Å². The molecule has 1 saturated carbocycles. The zero-order valence-electron chi connectivity index (χ0n) is 19.5. The molecule has 0 radical (unpaired) electrons. The Morgan fingerprint density at radius 1 is 1.15 bits per heavy atom. The highest BCUT2D eigenvalue weighted by Crippen LogP contribution is 2.41. The van der Waals surface area contributed by atoms with Gasteiger partial charge in [-0.25, -0.2) is 9.97 Å². The van der Waals surface area contributed by atoms with Crippen molar-refractivity contribution in [2.75, 3.05) is 36.1 Å². The van der Waals surface area contributed by atoms with Gasteiger partial charge in [0.15, 0.2) is 0 Å². The van der Waals surface area contributed by atoms with Crippen molar-refractivity contribution < 1.29 is 18.3 Å². The van der Waals surface area contributed by atoms with Gasteiger partial charge in [0.05, 0.1) is 21.5 Å². The van der Waals surface area contributed by atoms with Gasteiger partial charge in [-0.1, -0.05) is 13.8 Å². The lowest BCUT2D eigenvalue weighted by atomic mass is 9.92. The van der Waals surface area contributed by atoms with E-state index in [0.29, 0.717) is 28.0 Å². The van der Waals surface area contributed by atoms with Crippen molar-refractivity contribution in [3.05, 3.63) is 23.9 Å². The van der Waals surface area contributed by atoms with Crippen molar-refractivity contribution in [1.82, 2.24) is 15.0 Å². The number of hydrogen-bond acceptors (Lipinski definition) is 8. The van der Waals surface area contributed by atoms with Gasteiger partial charge < -0.3 is 21.1 Å². The molecule has 11 heteroatoms. The van der Waals surface area contributed by atoms with Gasteiger partial charge in [0.1, 0.15) is 17.4 Å². The summed E-state index contributed by atoms with van der Waals surface area (Å²) in [6.45, 7) is 4.86. The number of aliphatic hydroxyl groups is 1. The van der Waals surface area contributed by atoms with Gasteiger partial charge in [-0.05, 0) is 49.3 Å². The third-order valence-electron chi connectivity index (χ3n) is 6.75. The van der Waals surface area contributed by atoms with Gasteiger partial charge in [-0.2, -0.15) is 18.2 Å². The van der Waals surface area contributed by atoms with Gasteiger partial charge in [0.25, 0.3) is 0 Å². The highest BCUT2D eigenvalue weighted by atomic mass is 32.1. The molecule has 3 aromatic rings. The Labute approximate surface area is 200 Å². The van der Waals surface area contributed by atoms with Crippen LogP contribution in [0.4, 0.5) is 30.6 Å². The lowest BCUT2D eigenvalue weighted by Crippen LogP contribution is -2.26. The summed E-state index contributed by atoms with van der Waals surface area (Å²) in [4.78, 5) is 13.5. The first-order valence-electron chi connectivity index (χ1n) is 11.2. The second-order valence-electron chi connectivity index (χ2n) is 8.92. The second-order valence-corrected chi connectivity index (χ2v) is 9.95. The molecule has 1 aromatic carbocycles. The number of rotatable bonds is 7. The summed E-state index contributed by atoms with van der Waals surface area (Å²) in [6, 6.07) is 5.91. The van der Waals surface area contributed by atoms with Crippen LogP contribution in [0.2, 0.25) is 0 Å². The first-order valence-corrected chi connectivity index (χ1v) is 12.1. The summed E-state index contributed by atoms with van der Waals surface area (Å²) in [7, 11) is 1.84. The molecule has 0 aliphatic heterocycles. The molecular weight excluding hydrogens is 465 g/mol. The van der Waals surface area contributed by atoms with Crippen molar-refractivity contribution in [2.45, 2.75) is 39.4 Å². The summed E-state index contributed by atoms with van der Waals surface area (Å²) < 4.78 is 39.4. The fourth-order valence-electron chi connectivity index (χ4n) is 4.54. The van der Waals surface area contributed by atoms with E-state index in [1.54, 1.807) is 6.92 Å². The minimum atomic E-state index is -4.38. The minimum Gasteiger partial charge on any atom is -0.396 e. The third kappa shape index (κ3) is 5.05. The fraction of sp³-hybridized carbons (Fsp3) is 0.522. The smallest absolute Gasteiger partial charge is 0.396 e. The van der Waals surface area contributed by atoms with E-state index >= 15 is 0 Å². The number of aliphatic hydroxyl groups excluding tert-OH is 1. The molecule has 0 spiro atoms. The van der Waals surface area contributed by atoms with E-state index < -0.39 is 12.7 Å². The van der Waals surface area contributed by atoms with Crippen molar-refractivity contribution in [2.24, 2.45) is 17.8 Å². The Bertz CT molecular complexity index is 1170. The number of thiazole rings is 1. The average molecular weight is 495 g/mol. The largest absolute Gasteiger partial charge is 0.405 e. The number of fused-ring (bicyclic) bond motifs is 1. The van der Waals surface area contributed by atoms with Gasteiger partial charge in [0.2, 0.25) is 5.95 Å². The molecule has 1 aliphatic rings. The van der Waals surface area contributed by atoms with Gasteiger partial charge in [0, 0.05) is 25.4 Å². The summed E-state index contributed by atoms with van der Waals surface area (Å²) in [5, 5.41) is 19.3. The molecule has 0 saturated heterocycles. The Morgan fingerprint density at radius 2 is 1.91 bits per heavy atom. The van der Waals surface area contributed by atoms with E-state index in [1.807, 2.05) is 25.2 Å². The summed E-state index contributed by atoms with van der Waals surface area (Å²) >= 11 is 1.49. The number of halogens is 3. The van der Waals surface area contributed by atoms with Crippen LogP contribution in [0.3, 0.4) is 0 Å². The number of aryl methyl sites for hydroxylation is 1. The van der Waals surface area contributed by atoms with Crippen LogP contribution in [0.15, 0.2) is 18.2 Å². The second kappa shape index (κ2) is 9.53. The predicted molar refractivity (Wildman–Crippen MR) is 130 cm³/mol. The van der Waals surface area contributed by atoms with E-state index in [1.165, 1.54) is 11.3 Å². The van der Waals surface area contributed by atoms with Crippen LogP contribution in [0.1, 0.15) is 26.0 Å².